The molecule has 16 heavy (non-hydrogen) atoms. The van der Waals surface area contributed by atoms with Crippen LogP contribution in [-0.2, 0) is 9.59 Å². The van der Waals surface area contributed by atoms with E-state index in [4.69, 9.17) is 5.73 Å². The van der Waals surface area contributed by atoms with E-state index in [2.05, 4.69) is 5.32 Å². The van der Waals surface area contributed by atoms with Gasteiger partial charge in [-0.3, -0.25) is 9.59 Å². The zero-order chi connectivity index (χ0) is 12.7. The van der Waals surface area contributed by atoms with E-state index in [1.54, 1.807) is 0 Å². The van der Waals surface area contributed by atoms with E-state index in [0.717, 1.165) is 0 Å². The molecule has 0 aliphatic carbocycles. The van der Waals surface area contributed by atoms with E-state index < -0.39 is 12.1 Å². The number of hydrogen-bond donors (Lipinski definition) is 2. The molecule has 2 atom stereocenters. The lowest BCUT2D eigenvalue weighted by atomic mass is 10.0. The summed E-state index contributed by atoms with van der Waals surface area (Å²) in [5.41, 5.74) is 5.71. The first-order valence-corrected chi connectivity index (χ1v) is 5.80. The molecule has 4 heteroatoms. The van der Waals surface area contributed by atoms with Gasteiger partial charge in [0.1, 0.15) is 0 Å². The minimum Gasteiger partial charge on any atom is -0.344 e. The minimum absolute atomic E-state index is 0.261. The first kappa shape index (κ1) is 15.1. The van der Waals surface area contributed by atoms with E-state index in [0.29, 0.717) is 24.7 Å². The van der Waals surface area contributed by atoms with Crippen molar-refractivity contribution in [1.29, 1.82) is 0 Å². The molecule has 0 aromatic carbocycles. The largest absolute Gasteiger partial charge is 0.344 e. The number of rotatable bonds is 7. The molecule has 0 aromatic rings. The van der Waals surface area contributed by atoms with Crippen molar-refractivity contribution in [2.24, 2.45) is 17.6 Å². The van der Waals surface area contributed by atoms with Gasteiger partial charge in [0, 0.05) is 0 Å². The Morgan fingerprint density at radius 2 is 1.69 bits per heavy atom. The molecule has 0 aromatic heterocycles. The van der Waals surface area contributed by atoms with Crippen LogP contribution in [0, 0.1) is 11.8 Å². The van der Waals surface area contributed by atoms with Gasteiger partial charge in [0.05, 0.1) is 12.1 Å². The predicted molar refractivity (Wildman–Crippen MR) is 64.5 cm³/mol. The zero-order valence-corrected chi connectivity index (χ0v) is 10.6. The van der Waals surface area contributed by atoms with Gasteiger partial charge in [-0.1, -0.05) is 27.7 Å². The fourth-order valence-electron chi connectivity index (χ4n) is 1.50. The highest BCUT2D eigenvalue weighted by Crippen LogP contribution is 2.05. The molecule has 0 saturated carbocycles. The van der Waals surface area contributed by atoms with Crippen molar-refractivity contribution < 1.29 is 9.59 Å². The molecule has 0 fully saturated rings. The first-order valence-electron chi connectivity index (χ1n) is 5.80. The molecule has 0 bridgehead atoms. The van der Waals surface area contributed by atoms with Crippen molar-refractivity contribution in [2.45, 2.75) is 52.6 Å². The third-order valence-electron chi connectivity index (χ3n) is 2.23. The predicted octanol–water partition coefficient (Wildman–Crippen LogP) is 1.00. The summed E-state index contributed by atoms with van der Waals surface area (Å²) in [6.45, 7) is 7.99. The highest BCUT2D eigenvalue weighted by atomic mass is 16.2. The summed E-state index contributed by atoms with van der Waals surface area (Å²) in [6, 6.07) is -1.08. The van der Waals surface area contributed by atoms with Gasteiger partial charge < -0.3 is 11.1 Å². The highest BCUT2D eigenvalue weighted by molar-refractivity contribution is 5.84. The summed E-state index contributed by atoms with van der Waals surface area (Å²) in [5, 5.41) is 2.62. The van der Waals surface area contributed by atoms with Gasteiger partial charge in [0.25, 0.3) is 0 Å². The van der Waals surface area contributed by atoms with Gasteiger partial charge in [-0.2, -0.15) is 0 Å². The van der Waals surface area contributed by atoms with Crippen molar-refractivity contribution in [3.05, 3.63) is 0 Å². The number of carbonyl (C=O) groups is 1. The molecule has 93 valence electrons. The maximum atomic E-state index is 11.6. The molecule has 0 spiro atoms. The van der Waals surface area contributed by atoms with Crippen LogP contribution in [0.25, 0.3) is 0 Å². The van der Waals surface area contributed by atoms with Crippen LogP contribution in [0.5, 0.6) is 0 Å². The quantitative estimate of drug-likeness (QED) is 0.681. The zero-order valence-electron chi connectivity index (χ0n) is 10.6. The maximum Gasteiger partial charge on any atom is 0.237 e. The molecule has 1 amide bonds. The monoisotopic (exact) mass is 227 g/mol. The van der Waals surface area contributed by atoms with E-state index >= 15 is 0 Å². The second kappa shape index (κ2) is 7.39. The van der Waals surface area contributed by atoms with Gasteiger partial charge >= 0.3 is 0 Å². The Balaban J connectivity index is 4.13. The Morgan fingerprint density at radius 3 is 2.06 bits per heavy atom. The number of hydrogen-bond acceptors (Lipinski definition) is 3. The van der Waals surface area contributed by atoms with E-state index in [1.807, 2.05) is 34.0 Å². The molecule has 0 aliphatic heterocycles. The van der Waals surface area contributed by atoms with Gasteiger partial charge in [-0.15, -0.1) is 0 Å². The number of nitrogens with one attached hydrogen (secondary N) is 1. The van der Waals surface area contributed by atoms with Crippen molar-refractivity contribution in [3.8, 4) is 0 Å². The fraction of sp³-hybridized carbons (Fsp3) is 0.833. The lowest BCUT2D eigenvalue weighted by Gasteiger charge is -2.18. The number of nitrogens with two attached hydrogens (primary N) is 1. The molecule has 3 N–H and O–H groups in total. The Morgan fingerprint density at radius 1 is 1.19 bits per heavy atom. The third kappa shape index (κ3) is 6.56. The summed E-state index contributed by atoms with van der Waals surface area (Å²) >= 11 is 0. The SMILES string of the molecule is CC(C)C[C@@H]([C]=O)NC(=O)[C@@H](N)CC(C)C. The Hall–Kier alpha value is -0.900. The van der Waals surface area contributed by atoms with Crippen molar-refractivity contribution >= 4 is 12.2 Å². The topological polar surface area (TPSA) is 72.2 Å². The highest BCUT2D eigenvalue weighted by Gasteiger charge is 2.19. The third-order valence-corrected chi connectivity index (χ3v) is 2.23. The molecule has 0 heterocycles. The van der Waals surface area contributed by atoms with E-state index in [9.17, 15) is 9.59 Å². The number of carbonyl (C=O) groups excluding carboxylic acids is 2. The van der Waals surface area contributed by atoms with Crippen molar-refractivity contribution in [1.82, 2.24) is 5.32 Å². The normalized spacial score (nSPS) is 14.9. The molecule has 0 unspecified atom stereocenters. The average molecular weight is 227 g/mol. The van der Waals surface area contributed by atoms with Crippen molar-refractivity contribution in [2.75, 3.05) is 0 Å². The first-order chi connectivity index (χ1) is 7.36. The van der Waals surface area contributed by atoms with Crippen LogP contribution < -0.4 is 11.1 Å². The molecule has 0 aliphatic rings. The summed E-state index contributed by atoms with van der Waals surface area (Å²) in [6.07, 6.45) is 3.06. The minimum atomic E-state index is -0.539. The van der Waals surface area contributed by atoms with Crippen LogP contribution in [0.1, 0.15) is 40.5 Å². The smallest absolute Gasteiger partial charge is 0.237 e. The molecule has 0 saturated heterocycles. The summed E-state index contributed by atoms with van der Waals surface area (Å²) < 4.78 is 0. The van der Waals surface area contributed by atoms with Crippen LogP contribution in [0.4, 0.5) is 0 Å². The molecular weight excluding hydrogens is 204 g/mol. The Kier molecular flexibility index (Phi) is 6.97. The number of amides is 1. The van der Waals surface area contributed by atoms with Crippen LogP contribution >= 0.6 is 0 Å². The molecule has 0 rings (SSSR count). The van der Waals surface area contributed by atoms with Crippen LogP contribution in [-0.4, -0.2) is 24.3 Å². The maximum absolute atomic E-state index is 11.6. The summed E-state index contributed by atoms with van der Waals surface area (Å²) in [4.78, 5) is 22.3. The molecule has 1 radical (unpaired) electrons. The summed E-state index contributed by atoms with van der Waals surface area (Å²) in [5.74, 6) is 0.445. The Bertz CT molecular complexity index is 227. The van der Waals surface area contributed by atoms with Crippen molar-refractivity contribution in [3.63, 3.8) is 0 Å². The second-order valence-corrected chi connectivity index (χ2v) is 5.04. The van der Waals surface area contributed by atoms with Crippen LogP contribution in [0.3, 0.4) is 0 Å². The molecular formula is C12H23N2O2. The van der Waals surface area contributed by atoms with E-state index in [-0.39, 0.29) is 5.91 Å². The van der Waals surface area contributed by atoms with Crippen LogP contribution in [0.15, 0.2) is 0 Å². The fourth-order valence-corrected chi connectivity index (χ4v) is 1.50. The summed E-state index contributed by atoms with van der Waals surface area (Å²) in [7, 11) is 0. The lowest BCUT2D eigenvalue weighted by Crippen LogP contribution is -2.46. The van der Waals surface area contributed by atoms with Crippen LogP contribution in [0.2, 0.25) is 0 Å². The lowest BCUT2D eigenvalue weighted by molar-refractivity contribution is -0.123. The average Bonchev–Trinajstić information content (AvgIpc) is 2.14. The van der Waals surface area contributed by atoms with Gasteiger partial charge in [-0.25, -0.2) is 0 Å². The standard InChI is InChI=1S/C12H23N2O2/c1-8(2)5-10(7-15)14-12(16)11(13)6-9(3)4/h8-11H,5-6,13H2,1-4H3,(H,14,16)/t10-,11-/m0/s1. The van der Waals surface area contributed by atoms with Gasteiger partial charge in [0.2, 0.25) is 12.2 Å². The Labute approximate surface area is 98.0 Å². The van der Waals surface area contributed by atoms with Gasteiger partial charge in [0.15, 0.2) is 0 Å². The molecule has 4 nitrogen and oxygen atoms in total. The van der Waals surface area contributed by atoms with E-state index in [1.165, 1.54) is 0 Å². The van der Waals surface area contributed by atoms with Gasteiger partial charge in [-0.05, 0) is 24.7 Å². The second-order valence-electron chi connectivity index (χ2n) is 5.04.